The van der Waals surface area contributed by atoms with Crippen molar-refractivity contribution in [2.45, 2.75) is 12.7 Å². The molecule has 1 saturated heterocycles. The van der Waals surface area contributed by atoms with Gasteiger partial charge in [-0.15, -0.1) is 0 Å². The lowest BCUT2D eigenvalue weighted by Crippen LogP contribution is -2.48. The van der Waals surface area contributed by atoms with Crippen LogP contribution >= 0.6 is 0 Å². The molecule has 0 N–H and O–H groups in total. The first-order valence-electron chi connectivity index (χ1n) is 9.76. The van der Waals surface area contributed by atoms with Gasteiger partial charge in [-0.3, -0.25) is 14.7 Å². The van der Waals surface area contributed by atoms with Crippen LogP contribution in [0.4, 0.5) is 19.1 Å². The molecule has 0 aromatic carbocycles. The first-order valence-corrected chi connectivity index (χ1v) is 9.76. The molecule has 0 bridgehead atoms. The monoisotopic (exact) mass is 431 g/mol. The van der Waals surface area contributed by atoms with Crippen LogP contribution < -0.4 is 10.5 Å². The number of hydrogen-bond acceptors (Lipinski definition) is 7. The van der Waals surface area contributed by atoms with Crippen molar-refractivity contribution in [3.63, 3.8) is 0 Å². The molecule has 0 radical (unpaired) electrons. The highest BCUT2D eigenvalue weighted by atomic mass is 19.4. The molecule has 0 atom stereocenters. The van der Waals surface area contributed by atoms with Crippen molar-refractivity contribution < 1.29 is 13.2 Å². The van der Waals surface area contributed by atoms with Gasteiger partial charge >= 0.3 is 6.18 Å². The predicted molar refractivity (Wildman–Crippen MR) is 107 cm³/mol. The highest BCUT2D eigenvalue weighted by Crippen LogP contribution is 2.28. The summed E-state index contributed by atoms with van der Waals surface area (Å²) in [5.41, 5.74) is 0.354. The van der Waals surface area contributed by atoms with E-state index < -0.39 is 11.9 Å². The van der Waals surface area contributed by atoms with Crippen LogP contribution in [0.3, 0.4) is 0 Å². The summed E-state index contributed by atoms with van der Waals surface area (Å²) in [7, 11) is 0. The average Bonchev–Trinajstić information content (AvgIpc) is 2.79. The quantitative estimate of drug-likeness (QED) is 0.611. The molecule has 8 nitrogen and oxygen atoms in total. The Labute approximate surface area is 176 Å². The molecule has 3 aromatic rings. The maximum Gasteiger partial charge on any atom is 0.433 e. The van der Waals surface area contributed by atoms with Gasteiger partial charge in [0.2, 0.25) is 5.95 Å². The Balaban J connectivity index is 1.36. The number of piperazine rings is 1. The largest absolute Gasteiger partial charge is 0.433 e. The van der Waals surface area contributed by atoms with Crippen LogP contribution in [-0.4, -0.2) is 62.4 Å². The van der Waals surface area contributed by atoms with Gasteiger partial charge < -0.3 is 4.90 Å². The van der Waals surface area contributed by atoms with Crippen LogP contribution in [0.15, 0.2) is 53.7 Å². The maximum atomic E-state index is 12.9. The van der Waals surface area contributed by atoms with Gasteiger partial charge in [0, 0.05) is 62.9 Å². The Kier molecular flexibility index (Phi) is 5.94. The fourth-order valence-corrected chi connectivity index (χ4v) is 3.34. The fourth-order valence-electron chi connectivity index (χ4n) is 3.34. The van der Waals surface area contributed by atoms with E-state index in [1.54, 1.807) is 29.4 Å². The number of aromatic nitrogens is 5. The van der Waals surface area contributed by atoms with E-state index in [1.165, 1.54) is 10.7 Å². The van der Waals surface area contributed by atoms with Gasteiger partial charge in [0.05, 0.1) is 12.2 Å². The van der Waals surface area contributed by atoms with E-state index in [9.17, 15) is 18.0 Å². The normalized spacial score (nSPS) is 15.3. The third-order valence-electron chi connectivity index (χ3n) is 5.04. The zero-order chi connectivity index (χ0) is 21.8. The molecular formula is C20H20F3N7O. The molecule has 1 aliphatic heterocycles. The Morgan fingerprint density at radius 3 is 2.48 bits per heavy atom. The standard InChI is InChI=1S/C20H20F3N7O/c21-20(22,23)17-5-7-25-19(26-17)29-11-8-28(9-12-29)10-13-30-18(31)4-3-16(27-30)15-2-1-6-24-14-15/h1-7,14H,8-13H2. The molecule has 1 fully saturated rings. The second-order valence-corrected chi connectivity index (χ2v) is 7.09. The Bertz CT molecular complexity index is 1080. The summed E-state index contributed by atoms with van der Waals surface area (Å²) >= 11 is 0. The van der Waals surface area contributed by atoms with Crippen LogP contribution in [0.5, 0.6) is 0 Å². The predicted octanol–water partition coefficient (Wildman–Crippen LogP) is 1.94. The van der Waals surface area contributed by atoms with E-state index in [0.29, 0.717) is 45.0 Å². The first kappa shape index (κ1) is 20.9. The van der Waals surface area contributed by atoms with Gasteiger partial charge in [-0.1, -0.05) is 0 Å². The van der Waals surface area contributed by atoms with E-state index in [1.807, 2.05) is 6.07 Å². The molecule has 11 heteroatoms. The minimum atomic E-state index is -4.50. The lowest BCUT2D eigenvalue weighted by molar-refractivity contribution is -0.141. The third kappa shape index (κ3) is 5.05. The van der Waals surface area contributed by atoms with Crippen LogP contribution in [-0.2, 0) is 12.7 Å². The van der Waals surface area contributed by atoms with Crippen LogP contribution in [0.25, 0.3) is 11.3 Å². The number of rotatable bonds is 5. The molecule has 0 amide bonds. The number of nitrogens with zero attached hydrogens (tertiary/aromatic N) is 7. The summed E-state index contributed by atoms with van der Waals surface area (Å²) in [4.78, 5) is 27.7. The lowest BCUT2D eigenvalue weighted by Gasteiger charge is -2.34. The summed E-state index contributed by atoms with van der Waals surface area (Å²) in [5.74, 6) is 0.0801. The van der Waals surface area contributed by atoms with Gasteiger partial charge in [0.15, 0.2) is 0 Å². The zero-order valence-electron chi connectivity index (χ0n) is 16.5. The second kappa shape index (κ2) is 8.80. The SMILES string of the molecule is O=c1ccc(-c2cccnc2)nn1CCN1CCN(c2nccc(C(F)(F)F)n2)CC1. The number of anilines is 1. The van der Waals surface area contributed by atoms with Crippen LogP contribution in [0.1, 0.15) is 5.69 Å². The Morgan fingerprint density at radius 1 is 0.968 bits per heavy atom. The Hall–Kier alpha value is -3.34. The van der Waals surface area contributed by atoms with Crippen LogP contribution in [0, 0.1) is 0 Å². The van der Waals surface area contributed by atoms with Gasteiger partial charge in [-0.2, -0.15) is 18.3 Å². The molecule has 3 aromatic heterocycles. The van der Waals surface area contributed by atoms with E-state index in [0.717, 1.165) is 17.8 Å². The maximum absolute atomic E-state index is 12.9. The van der Waals surface area contributed by atoms with E-state index in [4.69, 9.17) is 0 Å². The molecule has 162 valence electrons. The van der Waals surface area contributed by atoms with E-state index in [2.05, 4.69) is 25.0 Å². The fraction of sp³-hybridized carbons (Fsp3) is 0.350. The van der Waals surface area contributed by atoms with E-state index in [-0.39, 0.29) is 11.5 Å². The lowest BCUT2D eigenvalue weighted by atomic mass is 10.2. The number of halogens is 3. The number of alkyl halides is 3. The van der Waals surface area contributed by atoms with E-state index >= 15 is 0 Å². The van der Waals surface area contributed by atoms with Crippen molar-refractivity contribution in [2.75, 3.05) is 37.6 Å². The molecule has 0 saturated carbocycles. The molecule has 4 heterocycles. The molecule has 4 rings (SSSR count). The van der Waals surface area contributed by atoms with Gasteiger partial charge in [-0.25, -0.2) is 14.6 Å². The topological polar surface area (TPSA) is 80.0 Å². The van der Waals surface area contributed by atoms with Crippen molar-refractivity contribution in [2.24, 2.45) is 0 Å². The third-order valence-corrected chi connectivity index (χ3v) is 5.04. The van der Waals surface area contributed by atoms with Gasteiger partial charge in [0.1, 0.15) is 5.69 Å². The minimum absolute atomic E-state index is 0.0801. The first-order chi connectivity index (χ1) is 14.9. The Morgan fingerprint density at radius 2 is 1.77 bits per heavy atom. The summed E-state index contributed by atoms with van der Waals surface area (Å²) in [6.45, 7) is 3.25. The summed E-state index contributed by atoms with van der Waals surface area (Å²) < 4.78 is 40.0. The molecular weight excluding hydrogens is 411 g/mol. The highest BCUT2D eigenvalue weighted by molar-refractivity contribution is 5.56. The van der Waals surface area contributed by atoms with Gasteiger partial charge in [-0.05, 0) is 24.3 Å². The highest BCUT2D eigenvalue weighted by Gasteiger charge is 2.33. The minimum Gasteiger partial charge on any atom is -0.338 e. The smallest absolute Gasteiger partial charge is 0.338 e. The van der Waals surface area contributed by atoms with Crippen molar-refractivity contribution >= 4 is 5.95 Å². The number of hydrogen-bond donors (Lipinski definition) is 0. The van der Waals surface area contributed by atoms with Crippen LogP contribution in [0.2, 0.25) is 0 Å². The van der Waals surface area contributed by atoms with Crippen molar-refractivity contribution in [1.82, 2.24) is 29.6 Å². The molecule has 1 aliphatic rings. The molecule has 31 heavy (non-hydrogen) atoms. The second-order valence-electron chi connectivity index (χ2n) is 7.09. The zero-order valence-corrected chi connectivity index (χ0v) is 16.5. The van der Waals surface area contributed by atoms with Gasteiger partial charge in [0.25, 0.3) is 5.56 Å². The number of pyridine rings is 1. The van der Waals surface area contributed by atoms with Crippen molar-refractivity contribution in [1.29, 1.82) is 0 Å². The molecule has 0 spiro atoms. The summed E-state index contributed by atoms with van der Waals surface area (Å²) in [6.07, 6.45) is -0.00914. The van der Waals surface area contributed by atoms with Crippen molar-refractivity contribution in [3.8, 4) is 11.3 Å². The summed E-state index contributed by atoms with van der Waals surface area (Å²) in [5, 5.41) is 4.42. The van der Waals surface area contributed by atoms with Crippen molar-refractivity contribution in [3.05, 3.63) is 65.0 Å². The average molecular weight is 431 g/mol. The molecule has 0 aliphatic carbocycles. The molecule has 0 unspecified atom stereocenters. The summed E-state index contributed by atoms with van der Waals surface area (Å²) in [6, 6.07) is 7.70.